The van der Waals surface area contributed by atoms with Crippen molar-refractivity contribution in [1.82, 2.24) is 0 Å². The number of carbonyl (C=O) groups is 1. The Hall–Kier alpha value is -2.28. The first kappa shape index (κ1) is 15.1. The molecule has 0 saturated carbocycles. The molecule has 0 bridgehead atoms. The topological polar surface area (TPSA) is 53.3 Å². The van der Waals surface area contributed by atoms with Crippen LogP contribution in [0, 0.1) is 11.3 Å². The van der Waals surface area contributed by atoms with Gasteiger partial charge in [-0.2, -0.15) is 5.26 Å². The van der Waals surface area contributed by atoms with E-state index in [9.17, 15) is 4.79 Å². The highest BCUT2D eigenvalue weighted by molar-refractivity contribution is 5.97. The van der Waals surface area contributed by atoms with Crippen LogP contribution in [0.4, 0.5) is 5.69 Å². The van der Waals surface area contributed by atoms with Crippen LogP contribution in [-0.2, 0) is 9.53 Å². The lowest BCUT2D eigenvalue weighted by molar-refractivity contribution is -0.135. The quantitative estimate of drug-likeness (QED) is 0.486. The van der Waals surface area contributed by atoms with Gasteiger partial charge in [-0.25, -0.2) is 4.79 Å². The van der Waals surface area contributed by atoms with Gasteiger partial charge in [0.25, 0.3) is 0 Å². The van der Waals surface area contributed by atoms with Crippen LogP contribution in [-0.4, -0.2) is 26.2 Å². The molecule has 0 unspecified atom stereocenters. The normalized spacial score (nSPS) is 16.0. The number of nitriles is 1. The van der Waals surface area contributed by atoms with Crippen molar-refractivity contribution < 1.29 is 9.53 Å². The molecule has 1 fully saturated rings. The van der Waals surface area contributed by atoms with Crippen LogP contribution in [0.1, 0.15) is 31.2 Å². The maximum atomic E-state index is 11.4. The third-order valence-corrected chi connectivity index (χ3v) is 3.70. The molecule has 21 heavy (non-hydrogen) atoms. The Bertz CT molecular complexity index is 547. The highest BCUT2D eigenvalue weighted by atomic mass is 16.5. The van der Waals surface area contributed by atoms with E-state index in [2.05, 4.69) is 9.64 Å². The van der Waals surface area contributed by atoms with Gasteiger partial charge in [0.2, 0.25) is 0 Å². The minimum absolute atomic E-state index is 0.0139. The largest absolute Gasteiger partial charge is 0.465 e. The van der Waals surface area contributed by atoms with Gasteiger partial charge >= 0.3 is 5.97 Å². The molecule has 0 aliphatic carbocycles. The number of nitrogens with zero attached hydrogens (tertiary/aromatic N) is 2. The molecule has 0 spiro atoms. The molecule has 1 aromatic rings. The van der Waals surface area contributed by atoms with Gasteiger partial charge in [0, 0.05) is 18.8 Å². The number of carbonyl (C=O) groups excluding carboxylic acids is 1. The van der Waals surface area contributed by atoms with Gasteiger partial charge in [-0.05, 0) is 36.6 Å². The lowest BCUT2D eigenvalue weighted by Gasteiger charge is -2.22. The van der Waals surface area contributed by atoms with Crippen molar-refractivity contribution in [3.63, 3.8) is 0 Å². The second-order valence-electron chi connectivity index (χ2n) is 5.15. The van der Waals surface area contributed by atoms with Crippen molar-refractivity contribution in [2.24, 2.45) is 0 Å². The van der Waals surface area contributed by atoms with E-state index >= 15 is 0 Å². The smallest absolute Gasteiger partial charge is 0.348 e. The maximum Gasteiger partial charge on any atom is 0.348 e. The summed E-state index contributed by atoms with van der Waals surface area (Å²) in [5, 5.41) is 8.95. The second-order valence-corrected chi connectivity index (χ2v) is 5.15. The number of methoxy groups -OCH3 is 1. The van der Waals surface area contributed by atoms with Crippen LogP contribution in [0.25, 0.3) is 6.08 Å². The SMILES string of the molecule is COC(=O)C(C#N)=Cc1ccc(N2CCCCCC2)cc1. The van der Waals surface area contributed by atoms with E-state index in [0.717, 1.165) is 18.7 Å². The second kappa shape index (κ2) is 7.49. The van der Waals surface area contributed by atoms with Crippen LogP contribution in [0.5, 0.6) is 0 Å². The first-order valence-corrected chi connectivity index (χ1v) is 7.29. The van der Waals surface area contributed by atoms with Gasteiger partial charge in [0.05, 0.1) is 7.11 Å². The van der Waals surface area contributed by atoms with Crippen molar-refractivity contribution in [1.29, 1.82) is 5.26 Å². The zero-order valence-electron chi connectivity index (χ0n) is 12.3. The van der Waals surface area contributed by atoms with E-state index in [1.54, 1.807) is 6.08 Å². The van der Waals surface area contributed by atoms with Crippen LogP contribution in [0.3, 0.4) is 0 Å². The molecule has 0 N–H and O–H groups in total. The molecule has 0 atom stereocenters. The molecule has 110 valence electrons. The molecule has 0 amide bonds. The molecule has 1 aliphatic rings. The molecule has 1 heterocycles. The first-order valence-electron chi connectivity index (χ1n) is 7.29. The molecule has 4 nitrogen and oxygen atoms in total. The van der Waals surface area contributed by atoms with Gasteiger partial charge in [-0.3, -0.25) is 0 Å². The number of esters is 1. The van der Waals surface area contributed by atoms with Crippen molar-refractivity contribution in [2.45, 2.75) is 25.7 Å². The average Bonchev–Trinajstić information content (AvgIpc) is 2.81. The predicted octanol–water partition coefficient (Wildman–Crippen LogP) is 3.15. The van der Waals surface area contributed by atoms with E-state index in [0.29, 0.717) is 0 Å². The van der Waals surface area contributed by atoms with Crippen LogP contribution < -0.4 is 4.90 Å². The van der Waals surface area contributed by atoms with Crippen LogP contribution >= 0.6 is 0 Å². The number of hydrogen-bond donors (Lipinski definition) is 0. The van der Waals surface area contributed by atoms with E-state index in [1.807, 2.05) is 30.3 Å². The Labute approximate surface area is 125 Å². The summed E-state index contributed by atoms with van der Waals surface area (Å²) < 4.78 is 4.57. The Morgan fingerprint density at radius 1 is 1.19 bits per heavy atom. The van der Waals surface area contributed by atoms with Crippen molar-refractivity contribution >= 4 is 17.7 Å². The lowest BCUT2D eigenvalue weighted by Crippen LogP contribution is -2.23. The van der Waals surface area contributed by atoms with E-state index in [-0.39, 0.29) is 5.57 Å². The van der Waals surface area contributed by atoms with E-state index in [1.165, 1.54) is 38.5 Å². The Balaban J connectivity index is 2.13. The number of benzene rings is 1. The Morgan fingerprint density at radius 2 is 1.81 bits per heavy atom. The summed E-state index contributed by atoms with van der Waals surface area (Å²) in [7, 11) is 1.27. The summed E-state index contributed by atoms with van der Waals surface area (Å²) in [5.41, 5.74) is 2.04. The summed E-state index contributed by atoms with van der Waals surface area (Å²) >= 11 is 0. The molecule has 0 aromatic heterocycles. The number of rotatable bonds is 3. The van der Waals surface area contributed by atoms with Crippen molar-refractivity contribution in [3.05, 3.63) is 35.4 Å². The highest BCUT2D eigenvalue weighted by Gasteiger charge is 2.11. The number of hydrogen-bond acceptors (Lipinski definition) is 4. The van der Waals surface area contributed by atoms with Gasteiger partial charge in [-0.1, -0.05) is 25.0 Å². The lowest BCUT2D eigenvalue weighted by atomic mass is 10.1. The van der Waals surface area contributed by atoms with E-state index in [4.69, 9.17) is 5.26 Å². The van der Waals surface area contributed by atoms with Gasteiger partial charge < -0.3 is 9.64 Å². The molecular formula is C17H20N2O2. The summed E-state index contributed by atoms with van der Waals surface area (Å²) in [6.07, 6.45) is 6.65. The molecule has 1 saturated heterocycles. The summed E-state index contributed by atoms with van der Waals surface area (Å²) in [6, 6.07) is 9.82. The number of ether oxygens (including phenoxy) is 1. The van der Waals surface area contributed by atoms with Gasteiger partial charge in [-0.15, -0.1) is 0 Å². The molecule has 1 aromatic carbocycles. The molecule has 1 aliphatic heterocycles. The fourth-order valence-corrected chi connectivity index (χ4v) is 2.52. The fourth-order valence-electron chi connectivity index (χ4n) is 2.52. The summed E-state index contributed by atoms with van der Waals surface area (Å²) in [6.45, 7) is 2.20. The minimum atomic E-state index is -0.603. The minimum Gasteiger partial charge on any atom is -0.465 e. The summed E-state index contributed by atoms with van der Waals surface area (Å²) in [4.78, 5) is 13.8. The van der Waals surface area contributed by atoms with Crippen LogP contribution in [0.15, 0.2) is 29.8 Å². The van der Waals surface area contributed by atoms with Gasteiger partial charge in [0.15, 0.2) is 0 Å². The number of anilines is 1. The molecular weight excluding hydrogens is 264 g/mol. The molecule has 2 rings (SSSR count). The van der Waals surface area contributed by atoms with Crippen LogP contribution in [0.2, 0.25) is 0 Å². The monoisotopic (exact) mass is 284 g/mol. The molecule has 0 radical (unpaired) electrons. The Kier molecular flexibility index (Phi) is 5.39. The third-order valence-electron chi connectivity index (χ3n) is 3.70. The predicted molar refractivity (Wildman–Crippen MR) is 82.7 cm³/mol. The fraction of sp³-hybridized carbons (Fsp3) is 0.412. The van der Waals surface area contributed by atoms with Crippen molar-refractivity contribution in [3.8, 4) is 6.07 Å². The van der Waals surface area contributed by atoms with E-state index < -0.39 is 5.97 Å². The third kappa shape index (κ3) is 4.09. The Morgan fingerprint density at radius 3 is 2.33 bits per heavy atom. The molecule has 4 heteroatoms. The first-order chi connectivity index (χ1) is 10.2. The zero-order chi connectivity index (χ0) is 15.1. The van der Waals surface area contributed by atoms with Crippen molar-refractivity contribution in [2.75, 3.05) is 25.1 Å². The zero-order valence-corrected chi connectivity index (χ0v) is 12.3. The average molecular weight is 284 g/mol. The highest BCUT2D eigenvalue weighted by Crippen LogP contribution is 2.20. The van der Waals surface area contributed by atoms with Gasteiger partial charge in [0.1, 0.15) is 11.6 Å². The summed E-state index contributed by atoms with van der Waals surface area (Å²) in [5.74, 6) is -0.603. The maximum absolute atomic E-state index is 11.4. The standard InChI is InChI=1S/C17H20N2O2/c1-21-17(20)15(13-18)12-14-6-8-16(9-7-14)19-10-4-2-3-5-11-19/h6-9,12H,2-5,10-11H2,1H3.